The molecule has 0 aromatic heterocycles. The molecule has 1 aromatic rings. The zero-order valence-corrected chi connectivity index (χ0v) is 15.7. The molecule has 0 N–H and O–H groups in total. The third kappa shape index (κ3) is 5.36. The summed E-state index contributed by atoms with van der Waals surface area (Å²) in [5, 5.41) is 0. The fourth-order valence-electron chi connectivity index (χ4n) is 3.63. The minimum absolute atomic E-state index is 0.0785. The van der Waals surface area contributed by atoms with Crippen molar-refractivity contribution in [2.75, 3.05) is 7.11 Å². The standard InChI is InChI=1S/C22H34O2/c1-4-5-6-8-17(2)11-16-21(22(23)19-9-7-10-19)18-12-14-20(24-3)15-13-18/h12-15,17,19,21H,4-11,16H2,1-3H3. The first-order valence-electron chi connectivity index (χ1n) is 9.83. The molecule has 1 aliphatic carbocycles. The summed E-state index contributed by atoms with van der Waals surface area (Å²) in [5.41, 5.74) is 1.17. The number of ketones is 1. The average Bonchev–Trinajstić information content (AvgIpc) is 2.54. The molecule has 0 radical (unpaired) electrons. The van der Waals surface area contributed by atoms with Crippen molar-refractivity contribution in [3.63, 3.8) is 0 Å². The van der Waals surface area contributed by atoms with Gasteiger partial charge in [-0.1, -0.05) is 58.1 Å². The van der Waals surface area contributed by atoms with Crippen molar-refractivity contribution in [2.24, 2.45) is 11.8 Å². The molecule has 24 heavy (non-hydrogen) atoms. The van der Waals surface area contributed by atoms with E-state index in [2.05, 4.69) is 26.0 Å². The third-order valence-corrected chi connectivity index (χ3v) is 5.62. The molecule has 1 fully saturated rings. The summed E-state index contributed by atoms with van der Waals surface area (Å²) >= 11 is 0. The number of hydrogen-bond acceptors (Lipinski definition) is 2. The highest BCUT2D eigenvalue weighted by Gasteiger charge is 2.32. The minimum Gasteiger partial charge on any atom is -0.497 e. The Balaban J connectivity index is 1.98. The maximum absolute atomic E-state index is 12.9. The lowest BCUT2D eigenvalue weighted by Gasteiger charge is -2.29. The summed E-state index contributed by atoms with van der Waals surface area (Å²) in [6.45, 7) is 4.59. The predicted octanol–water partition coefficient (Wildman–Crippen LogP) is 6.14. The molecule has 134 valence electrons. The number of unbranched alkanes of at least 4 members (excludes halogenated alkanes) is 2. The van der Waals surface area contributed by atoms with E-state index in [4.69, 9.17) is 4.74 Å². The van der Waals surface area contributed by atoms with Crippen molar-refractivity contribution in [2.45, 2.75) is 77.6 Å². The number of hydrogen-bond donors (Lipinski definition) is 0. The zero-order valence-electron chi connectivity index (χ0n) is 15.7. The number of rotatable bonds is 11. The Bertz CT molecular complexity index is 487. The van der Waals surface area contributed by atoms with E-state index in [1.165, 1.54) is 37.7 Å². The van der Waals surface area contributed by atoms with Crippen LogP contribution in [-0.4, -0.2) is 12.9 Å². The van der Waals surface area contributed by atoms with Gasteiger partial charge < -0.3 is 4.74 Å². The molecule has 1 saturated carbocycles. The van der Waals surface area contributed by atoms with Crippen LogP contribution in [-0.2, 0) is 4.79 Å². The highest BCUT2D eigenvalue weighted by Crippen LogP contribution is 2.36. The molecule has 0 aliphatic heterocycles. The maximum Gasteiger partial charge on any atom is 0.143 e. The third-order valence-electron chi connectivity index (χ3n) is 5.62. The molecule has 2 atom stereocenters. The summed E-state index contributed by atoms with van der Waals surface area (Å²) in [5.74, 6) is 2.45. The first-order chi connectivity index (χ1) is 11.7. The number of carbonyl (C=O) groups excluding carboxylic acids is 1. The van der Waals surface area contributed by atoms with E-state index in [1.807, 2.05) is 12.1 Å². The second kappa shape index (κ2) is 9.86. The summed E-state index contributed by atoms with van der Waals surface area (Å²) in [6.07, 6.45) is 10.8. The first-order valence-corrected chi connectivity index (χ1v) is 9.83. The second-order valence-corrected chi connectivity index (χ2v) is 7.53. The van der Waals surface area contributed by atoms with Gasteiger partial charge in [-0.15, -0.1) is 0 Å². The Kier molecular flexibility index (Phi) is 7.81. The summed E-state index contributed by atoms with van der Waals surface area (Å²) < 4.78 is 5.26. The molecule has 2 heteroatoms. The largest absolute Gasteiger partial charge is 0.497 e. The number of benzene rings is 1. The van der Waals surface area contributed by atoms with Gasteiger partial charge in [0.1, 0.15) is 11.5 Å². The fourth-order valence-corrected chi connectivity index (χ4v) is 3.63. The average molecular weight is 331 g/mol. The number of Topliss-reactive ketones (excluding diaryl/α,β-unsaturated/α-hetero) is 1. The SMILES string of the molecule is CCCCCC(C)CCC(C(=O)C1CCC1)c1ccc(OC)cc1. The molecular formula is C22H34O2. The molecule has 0 bridgehead atoms. The van der Waals surface area contributed by atoms with Gasteiger partial charge in [0.05, 0.1) is 7.11 Å². The topological polar surface area (TPSA) is 26.3 Å². The van der Waals surface area contributed by atoms with Crippen molar-refractivity contribution in [1.82, 2.24) is 0 Å². The van der Waals surface area contributed by atoms with Crippen LogP contribution in [0, 0.1) is 11.8 Å². The Morgan fingerprint density at radius 1 is 1.12 bits per heavy atom. The number of carbonyl (C=O) groups is 1. The van der Waals surface area contributed by atoms with Crippen LogP contribution in [0.5, 0.6) is 5.75 Å². The van der Waals surface area contributed by atoms with E-state index in [9.17, 15) is 4.79 Å². The van der Waals surface area contributed by atoms with Gasteiger partial charge in [0.25, 0.3) is 0 Å². The van der Waals surface area contributed by atoms with Crippen LogP contribution in [0.2, 0.25) is 0 Å². The molecule has 1 aromatic carbocycles. The summed E-state index contributed by atoms with van der Waals surface area (Å²) in [7, 11) is 1.68. The Morgan fingerprint density at radius 2 is 1.83 bits per heavy atom. The van der Waals surface area contributed by atoms with Crippen molar-refractivity contribution >= 4 is 5.78 Å². The van der Waals surface area contributed by atoms with Crippen LogP contribution in [0.4, 0.5) is 0 Å². The van der Waals surface area contributed by atoms with Crippen molar-refractivity contribution in [1.29, 1.82) is 0 Å². The van der Waals surface area contributed by atoms with E-state index in [-0.39, 0.29) is 5.92 Å². The Labute approximate surface area is 148 Å². The van der Waals surface area contributed by atoms with Crippen molar-refractivity contribution in [3.05, 3.63) is 29.8 Å². The quantitative estimate of drug-likeness (QED) is 0.455. The van der Waals surface area contributed by atoms with Gasteiger partial charge in [0, 0.05) is 11.8 Å². The highest BCUT2D eigenvalue weighted by atomic mass is 16.5. The number of methoxy groups -OCH3 is 1. The van der Waals surface area contributed by atoms with E-state index in [0.717, 1.165) is 31.4 Å². The normalized spacial score (nSPS) is 17.1. The summed E-state index contributed by atoms with van der Waals surface area (Å²) in [4.78, 5) is 12.9. The van der Waals surface area contributed by atoms with Crippen LogP contribution < -0.4 is 4.74 Å². The molecule has 0 saturated heterocycles. The van der Waals surface area contributed by atoms with E-state index in [0.29, 0.717) is 17.6 Å². The molecule has 0 spiro atoms. The lowest BCUT2D eigenvalue weighted by atomic mass is 9.74. The molecule has 2 unspecified atom stereocenters. The van der Waals surface area contributed by atoms with Crippen LogP contribution in [0.3, 0.4) is 0 Å². The highest BCUT2D eigenvalue weighted by molar-refractivity contribution is 5.88. The first kappa shape index (κ1) is 19.0. The molecule has 2 nitrogen and oxygen atoms in total. The monoisotopic (exact) mass is 330 g/mol. The molecule has 0 amide bonds. The molecule has 1 aliphatic rings. The second-order valence-electron chi connectivity index (χ2n) is 7.53. The van der Waals surface area contributed by atoms with Gasteiger partial charge in [-0.05, 0) is 49.3 Å². The predicted molar refractivity (Wildman–Crippen MR) is 101 cm³/mol. The van der Waals surface area contributed by atoms with E-state index >= 15 is 0 Å². The maximum atomic E-state index is 12.9. The number of ether oxygens (including phenoxy) is 1. The Hall–Kier alpha value is -1.31. The van der Waals surface area contributed by atoms with Gasteiger partial charge >= 0.3 is 0 Å². The fraction of sp³-hybridized carbons (Fsp3) is 0.682. The van der Waals surface area contributed by atoms with Crippen molar-refractivity contribution in [3.8, 4) is 5.75 Å². The smallest absolute Gasteiger partial charge is 0.143 e. The molecular weight excluding hydrogens is 296 g/mol. The lowest BCUT2D eigenvalue weighted by Crippen LogP contribution is -2.27. The van der Waals surface area contributed by atoms with Gasteiger partial charge in [0.15, 0.2) is 0 Å². The van der Waals surface area contributed by atoms with E-state index < -0.39 is 0 Å². The summed E-state index contributed by atoms with van der Waals surface area (Å²) in [6, 6.07) is 8.14. The van der Waals surface area contributed by atoms with Gasteiger partial charge in [-0.2, -0.15) is 0 Å². The van der Waals surface area contributed by atoms with Gasteiger partial charge in [-0.25, -0.2) is 0 Å². The minimum atomic E-state index is 0.0785. The van der Waals surface area contributed by atoms with Crippen LogP contribution >= 0.6 is 0 Å². The van der Waals surface area contributed by atoms with Crippen LogP contribution in [0.25, 0.3) is 0 Å². The Morgan fingerprint density at radius 3 is 2.38 bits per heavy atom. The van der Waals surface area contributed by atoms with Crippen molar-refractivity contribution < 1.29 is 9.53 Å². The van der Waals surface area contributed by atoms with Gasteiger partial charge in [-0.3, -0.25) is 4.79 Å². The van der Waals surface area contributed by atoms with E-state index in [1.54, 1.807) is 7.11 Å². The van der Waals surface area contributed by atoms with Gasteiger partial charge in [0.2, 0.25) is 0 Å². The van der Waals surface area contributed by atoms with Crippen LogP contribution in [0.15, 0.2) is 24.3 Å². The lowest BCUT2D eigenvalue weighted by molar-refractivity contribution is -0.127. The molecule has 2 rings (SSSR count). The molecule has 0 heterocycles. The zero-order chi connectivity index (χ0) is 17.4. The van der Waals surface area contributed by atoms with Crippen LogP contribution in [0.1, 0.15) is 83.1 Å².